The summed E-state index contributed by atoms with van der Waals surface area (Å²) < 4.78 is 27.9. The van der Waals surface area contributed by atoms with Crippen molar-refractivity contribution in [2.75, 3.05) is 6.61 Å². The number of ether oxygens (including phenoxy) is 1. The maximum absolute atomic E-state index is 11.4. The van der Waals surface area contributed by atoms with Crippen molar-refractivity contribution in [2.45, 2.75) is 18.2 Å². The molecule has 0 fully saturated rings. The zero-order chi connectivity index (χ0) is 15.5. The number of nitro benzene ring substituents is 1. The Balaban J connectivity index is 3.28. The van der Waals surface area contributed by atoms with Crippen LogP contribution in [0, 0.1) is 17.0 Å². The normalized spacial score (nSPS) is 11.1. The van der Waals surface area contributed by atoms with Gasteiger partial charge in [0.2, 0.25) is 0 Å². The van der Waals surface area contributed by atoms with Crippen LogP contribution >= 0.6 is 10.7 Å². The lowest BCUT2D eigenvalue weighted by molar-refractivity contribution is -0.385. The molecule has 110 valence electrons. The van der Waals surface area contributed by atoms with E-state index in [9.17, 15) is 23.3 Å². The number of aryl methyl sites for hydroxylation is 1. The first-order valence-corrected chi connectivity index (χ1v) is 7.52. The number of non-ortho nitro benzene ring substituents is 1. The standard InChI is InChI=1S/C10H10ClNO7S/c1-6-4-7(12(15)16)5-8(20(11,17)18)10(6)19-3-2-9(13)14/h4-5H,2-3H2,1H3,(H,13,14). The van der Waals surface area contributed by atoms with Crippen LogP contribution in [-0.4, -0.2) is 31.0 Å². The zero-order valence-corrected chi connectivity index (χ0v) is 11.8. The molecule has 0 unspecified atom stereocenters. The van der Waals surface area contributed by atoms with E-state index in [1.165, 1.54) is 6.92 Å². The first kappa shape index (κ1) is 16.2. The van der Waals surface area contributed by atoms with E-state index in [0.717, 1.165) is 12.1 Å². The Morgan fingerprint density at radius 3 is 2.55 bits per heavy atom. The molecule has 0 radical (unpaired) electrons. The number of hydrogen-bond donors (Lipinski definition) is 1. The van der Waals surface area contributed by atoms with Crippen LogP contribution in [0.5, 0.6) is 5.75 Å². The van der Waals surface area contributed by atoms with Gasteiger partial charge in [0.05, 0.1) is 18.0 Å². The summed E-state index contributed by atoms with van der Waals surface area (Å²) in [5.41, 5.74) is -0.281. The molecule has 1 aromatic rings. The number of benzene rings is 1. The predicted octanol–water partition coefficient (Wildman–Crippen LogP) is 1.68. The number of hydrogen-bond acceptors (Lipinski definition) is 6. The molecule has 0 atom stereocenters. The molecular weight excluding hydrogens is 314 g/mol. The van der Waals surface area contributed by atoms with E-state index >= 15 is 0 Å². The Morgan fingerprint density at radius 2 is 2.10 bits per heavy atom. The largest absolute Gasteiger partial charge is 0.491 e. The van der Waals surface area contributed by atoms with Gasteiger partial charge in [-0.25, -0.2) is 8.42 Å². The highest BCUT2D eigenvalue weighted by molar-refractivity contribution is 8.13. The molecule has 1 aromatic carbocycles. The zero-order valence-electron chi connectivity index (χ0n) is 10.2. The lowest BCUT2D eigenvalue weighted by Crippen LogP contribution is -2.08. The van der Waals surface area contributed by atoms with Crippen LogP contribution in [-0.2, 0) is 13.8 Å². The van der Waals surface area contributed by atoms with Crippen molar-refractivity contribution in [3.63, 3.8) is 0 Å². The Bertz CT molecular complexity index is 656. The summed E-state index contributed by atoms with van der Waals surface area (Å²) in [5.74, 6) is -1.31. The smallest absolute Gasteiger partial charge is 0.306 e. The van der Waals surface area contributed by atoms with Crippen molar-refractivity contribution in [3.05, 3.63) is 27.8 Å². The van der Waals surface area contributed by atoms with Gasteiger partial charge < -0.3 is 9.84 Å². The van der Waals surface area contributed by atoms with Crippen molar-refractivity contribution in [3.8, 4) is 5.75 Å². The minimum Gasteiger partial charge on any atom is -0.491 e. The molecule has 0 heterocycles. The quantitative estimate of drug-likeness (QED) is 0.479. The monoisotopic (exact) mass is 323 g/mol. The Hall–Kier alpha value is -1.87. The second-order valence-corrected chi connectivity index (χ2v) is 6.31. The van der Waals surface area contributed by atoms with Crippen molar-refractivity contribution >= 4 is 31.4 Å². The average Bonchev–Trinajstić information content (AvgIpc) is 2.28. The summed E-state index contributed by atoms with van der Waals surface area (Å²) in [6.45, 7) is 1.11. The fraction of sp³-hybridized carbons (Fsp3) is 0.300. The van der Waals surface area contributed by atoms with Gasteiger partial charge in [0.25, 0.3) is 14.7 Å². The summed E-state index contributed by atoms with van der Waals surface area (Å²) in [5, 5.41) is 19.2. The SMILES string of the molecule is Cc1cc([N+](=O)[O-])cc(S(=O)(=O)Cl)c1OCCC(=O)O. The fourth-order valence-corrected chi connectivity index (χ4v) is 2.48. The van der Waals surface area contributed by atoms with Crippen LogP contribution in [0.2, 0.25) is 0 Å². The van der Waals surface area contributed by atoms with E-state index < -0.39 is 30.5 Å². The van der Waals surface area contributed by atoms with Crippen LogP contribution in [0.25, 0.3) is 0 Å². The summed E-state index contributed by atoms with van der Waals surface area (Å²) in [4.78, 5) is 19.8. The van der Waals surface area contributed by atoms with Gasteiger partial charge in [0.1, 0.15) is 10.6 Å². The molecule has 1 N–H and O–H groups in total. The average molecular weight is 324 g/mol. The summed E-state index contributed by atoms with van der Waals surface area (Å²) in [6.07, 6.45) is -0.349. The van der Waals surface area contributed by atoms with Crippen LogP contribution in [0.1, 0.15) is 12.0 Å². The lowest BCUT2D eigenvalue weighted by Gasteiger charge is -2.11. The molecule has 0 spiro atoms. The molecule has 20 heavy (non-hydrogen) atoms. The topological polar surface area (TPSA) is 124 Å². The number of aliphatic carboxylic acids is 1. The highest BCUT2D eigenvalue weighted by Gasteiger charge is 2.24. The molecule has 0 aliphatic rings. The summed E-state index contributed by atoms with van der Waals surface area (Å²) >= 11 is 0. The third-order valence-electron chi connectivity index (χ3n) is 2.26. The van der Waals surface area contributed by atoms with Crippen molar-refractivity contribution in [2.24, 2.45) is 0 Å². The summed E-state index contributed by atoms with van der Waals surface area (Å²) in [7, 11) is 0.940. The van der Waals surface area contributed by atoms with Crippen molar-refractivity contribution in [1.82, 2.24) is 0 Å². The molecule has 1 rings (SSSR count). The first-order valence-electron chi connectivity index (χ1n) is 5.21. The minimum absolute atomic E-state index is 0.170. The number of nitro groups is 1. The molecule has 10 heteroatoms. The predicted molar refractivity (Wildman–Crippen MR) is 68.6 cm³/mol. The Kier molecular flexibility index (Phi) is 4.90. The number of rotatable bonds is 6. The highest BCUT2D eigenvalue weighted by atomic mass is 35.7. The fourth-order valence-electron chi connectivity index (χ4n) is 1.44. The van der Waals surface area contributed by atoms with Crippen LogP contribution < -0.4 is 4.74 Å². The molecule has 8 nitrogen and oxygen atoms in total. The second kappa shape index (κ2) is 6.06. The number of nitrogens with zero attached hydrogens (tertiary/aromatic N) is 1. The van der Waals surface area contributed by atoms with Crippen molar-refractivity contribution < 1.29 is 28.0 Å². The molecule has 0 amide bonds. The number of carbonyl (C=O) groups is 1. The van der Waals surface area contributed by atoms with E-state index in [0.29, 0.717) is 0 Å². The third kappa shape index (κ3) is 4.07. The number of carboxylic acid groups (broad SMARTS) is 1. The lowest BCUT2D eigenvalue weighted by atomic mass is 10.2. The molecule has 0 aliphatic heterocycles. The van der Waals surface area contributed by atoms with Crippen LogP contribution in [0.15, 0.2) is 17.0 Å². The maximum atomic E-state index is 11.4. The van der Waals surface area contributed by atoms with Gasteiger partial charge in [-0.1, -0.05) is 0 Å². The van der Waals surface area contributed by atoms with E-state index in [1.807, 2.05) is 0 Å². The molecule has 0 bridgehead atoms. The molecule has 0 saturated heterocycles. The highest BCUT2D eigenvalue weighted by Crippen LogP contribution is 2.34. The van der Waals surface area contributed by atoms with Gasteiger partial charge in [-0.3, -0.25) is 14.9 Å². The minimum atomic E-state index is -4.27. The first-order chi connectivity index (χ1) is 9.12. The van der Waals surface area contributed by atoms with Gasteiger partial charge in [-0.2, -0.15) is 0 Å². The number of carboxylic acids is 1. The van der Waals surface area contributed by atoms with Crippen LogP contribution in [0.4, 0.5) is 5.69 Å². The molecular formula is C10H10ClNO7S. The van der Waals surface area contributed by atoms with Gasteiger partial charge in [-0.05, 0) is 12.5 Å². The van der Waals surface area contributed by atoms with Gasteiger partial charge in [0.15, 0.2) is 0 Å². The van der Waals surface area contributed by atoms with Gasteiger partial charge >= 0.3 is 5.97 Å². The summed E-state index contributed by atoms with van der Waals surface area (Å²) in [6, 6.07) is 1.88. The van der Waals surface area contributed by atoms with Crippen molar-refractivity contribution in [1.29, 1.82) is 0 Å². The van der Waals surface area contributed by atoms with Crippen LogP contribution in [0.3, 0.4) is 0 Å². The second-order valence-electron chi connectivity index (χ2n) is 3.78. The molecule has 0 aliphatic carbocycles. The van der Waals surface area contributed by atoms with E-state index in [1.54, 1.807) is 0 Å². The van der Waals surface area contributed by atoms with E-state index in [4.69, 9.17) is 20.5 Å². The Labute approximate surface area is 118 Å². The Morgan fingerprint density at radius 1 is 1.50 bits per heavy atom. The van der Waals surface area contributed by atoms with E-state index in [-0.39, 0.29) is 24.3 Å². The molecule has 0 aromatic heterocycles. The third-order valence-corrected chi connectivity index (χ3v) is 3.59. The molecule has 0 saturated carbocycles. The van der Waals surface area contributed by atoms with E-state index in [2.05, 4.69) is 0 Å². The maximum Gasteiger partial charge on any atom is 0.306 e. The number of halogens is 1. The van der Waals surface area contributed by atoms with Gasteiger partial charge in [0, 0.05) is 22.8 Å². The van der Waals surface area contributed by atoms with Gasteiger partial charge in [-0.15, -0.1) is 0 Å².